The van der Waals surface area contributed by atoms with Gasteiger partial charge in [-0.3, -0.25) is 19.3 Å². The monoisotopic (exact) mass is 556 g/mol. The number of likely N-dealkylation sites (tertiary alicyclic amines) is 1. The van der Waals surface area contributed by atoms with Gasteiger partial charge in [0.05, 0.1) is 59.3 Å². The number of amides is 2. The average molecular weight is 557 g/mol. The summed E-state index contributed by atoms with van der Waals surface area (Å²) >= 11 is 1.46. The molecule has 39 heavy (non-hydrogen) atoms. The van der Waals surface area contributed by atoms with Gasteiger partial charge in [-0.2, -0.15) is 10.2 Å². The van der Waals surface area contributed by atoms with Crippen molar-refractivity contribution in [2.75, 3.05) is 37.4 Å². The summed E-state index contributed by atoms with van der Waals surface area (Å²) in [7, 11) is 1.65. The van der Waals surface area contributed by atoms with Crippen LogP contribution in [-0.2, 0) is 16.1 Å². The molecule has 0 unspecified atom stereocenters. The number of fused-ring (bicyclic) bond motifs is 1. The van der Waals surface area contributed by atoms with E-state index in [9.17, 15) is 9.59 Å². The van der Waals surface area contributed by atoms with E-state index in [4.69, 9.17) is 4.74 Å². The fraction of sp³-hybridized carbons (Fsp3) is 0.444. The van der Waals surface area contributed by atoms with Crippen molar-refractivity contribution in [3.05, 3.63) is 48.3 Å². The van der Waals surface area contributed by atoms with E-state index in [1.54, 1.807) is 37.0 Å². The number of aromatic nitrogens is 5. The molecule has 2 N–H and O–H groups in total. The largest absolute Gasteiger partial charge is 0.383 e. The number of anilines is 2. The van der Waals surface area contributed by atoms with Crippen LogP contribution in [0, 0.1) is 6.92 Å². The zero-order valence-electron chi connectivity index (χ0n) is 23.1. The summed E-state index contributed by atoms with van der Waals surface area (Å²) in [5.41, 5.74) is 3.07. The first kappa shape index (κ1) is 28.4. The minimum atomic E-state index is -0.302. The highest BCUT2D eigenvalue weighted by Crippen LogP contribution is 2.30. The van der Waals surface area contributed by atoms with E-state index in [-0.39, 0.29) is 14.7 Å². The van der Waals surface area contributed by atoms with Crippen LogP contribution in [0.5, 0.6) is 0 Å². The lowest BCUT2D eigenvalue weighted by Gasteiger charge is -2.18. The minimum absolute atomic E-state index is 0. The smallest absolute Gasteiger partial charge is 0.260 e. The second-order valence-corrected chi connectivity index (χ2v) is 10.7. The van der Waals surface area contributed by atoms with Crippen LogP contribution in [-0.4, -0.2) is 73.9 Å². The van der Waals surface area contributed by atoms with Gasteiger partial charge < -0.3 is 20.3 Å². The summed E-state index contributed by atoms with van der Waals surface area (Å²) in [6.45, 7) is 11.6. The summed E-state index contributed by atoms with van der Waals surface area (Å²) in [5.74, 6) is -0.512. The summed E-state index contributed by atoms with van der Waals surface area (Å²) in [4.78, 5) is 32.7. The Balaban J connectivity index is 0.000000510. The molecule has 0 aromatic carbocycles. The lowest BCUT2D eigenvalue weighted by atomic mass is 10.2. The van der Waals surface area contributed by atoms with Crippen molar-refractivity contribution in [3.63, 3.8) is 0 Å². The van der Waals surface area contributed by atoms with Crippen molar-refractivity contribution in [1.29, 1.82) is 0 Å². The molecule has 0 saturated carbocycles. The average Bonchev–Trinajstić information content (AvgIpc) is 3.69. The summed E-state index contributed by atoms with van der Waals surface area (Å²) in [6.07, 6.45) is 11.5. The molecular weight excluding hydrogens is 516 g/mol. The van der Waals surface area contributed by atoms with Crippen LogP contribution in [0.25, 0.3) is 15.3 Å². The number of carbonyl (C=O) groups excluding carboxylic acids is 2. The molecule has 0 aliphatic carbocycles. The van der Waals surface area contributed by atoms with Crippen molar-refractivity contribution in [1.82, 2.24) is 29.3 Å². The molecule has 1 saturated heterocycles. The first-order valence-corrected chi connectivity index (χ1v) is 13.9. The highest BCUT2D eigenvalue weighted by molar-refractivity contribution is 7.21. The Kier molecular flexibility index (Phi) is 9.44. The van der Waals surface area contributed by atoms with Gasteiger partial charge in [-0.1, -0.05) is 0 Å². The molecule has 4 aromatic rings. The number of carbonyl (C=O) groups is 2. The molecule has 4 aromatic heterocycles. The third kappa shape index (κ3) is 7.28. The molecular formula is C27H40N8O3S. The lowest BCUT2D eigenvalue weighted by molar-refractivity contribution is -0.114. The van der Waals surface area contributed by atoms with E-state index >= 15 is 0 Å². The Morgan fingerprint density at radius 1 is 1.13 bits per heavy atom. The lowest BCUT2D eigenvalue weighted by Crippen LogP contribution is -2.26. The van der Waals surface area contributed by atoms with Crippen molar-refractivity contribution >= 4 is 39.4 Å². The van der Waals surface area contributed by atoms with Crippen LogP contribution in [0.3, 0.4) is 0 Å². The number of ether oxygens (including phenoxy) is 1. The van der Waals surface area contributed by atoms with Crippen LogP contribution in [0.1, 0.15) is 52.5 Å². The first-order valence-electron chi connectivity index (χ1n) is 13.0. The van der Waals surface area contributed by atoms with Gasteiger partial charge in [0.25, 0.3) is 5.91 Å². The van der Waals surface area contributed by atoms with Crippen LogP contribution < -0.4 is 10.6 Å². The van der Waals surface area contributed by atoms with Gasteiger partial charge >= 0.3 is 0 Å². The quantitative estimate of drug-likeness (QED) is 0.320. The Morgan fingerprint density at radius 2 is 1.90 bits per heavy atom. The molecule has 1 fully saturated rings. The number of rotatable bonds is 8. The number of nitrogens with one attached hydrogen (secondary N) is 2. The maximum Gasteiger partial charge on any atom is 0.260 e. The van der Waals surface area contributed by atoms with Gasteiger partial charge in [0, 0.05) is 40.9 Å². The van der Waals surface area contributed by atoms with Gasteiger partial charge in [-0.25, -0.2) is 4.52 Å². The normalized spacial score (nSPS) is 13.5. The molecule has 12 heteroatoms. The number of pyridine rings is 1. The number of hydrogen-bond acceptors (Lipinski definition) is 8. The SMILES string of the molecule is CC(C)N1CCCC1.COCCn1cc(-c2cn3ncc(C(=O)Nc4cc(NC(C)=O)cnc4C)c3s2)cn1.[HH].[HH]. The third-order valence-electron chi connectivity index (χ3n) is 6.41. The fourth-order valence-electron chi connectivity index (χ4n) is 4.25. The van der Waals surface area contributed by atoms with E-state index in [1.165, 1.54) is 50.4 Å². The summed E-state index contributed by atoms with van der Waals surface area (Å²) in [5, 5.41) is 14.2. The zero-order valence-corrected chi connectivity index (χ0v) is 23.9. The first-order chi connectivity index (χ1) is 18.7. The van der Waals surface area contributed by atoms with E-state index in [2.05, 4.69) is 44.6 Å². The molecule has 212 valence electrons. The molecule has 11 nitrogen and oxygen atoms in total. The van der Waals surface area contributed by atoms with Gasteiger partial charge in [0.2, 0.25) is 5.91 Å². The maximum absolute atomic E-state index is 12.9. The van der Waals surface area contributed by atoms with E-state index in [1.807, 2.05) is 17.1 Å². The van der Waals surface area contributed by atoms with Gasteiger partial charge in [0.15, 0.2) is 0 Å². The van der Waals surface area contributed by atoms with Crippen molar-refractivity contribution in [3.8, 4) is 10.4 Å². The van der Waals surface area contributed by atoms with Crippen LogP contribution in [0.2, 0.25) is 0 Å². The number of methoxy groups -OCH3 is 1. The topological polar surface area (TPSA) is 119 Å². The molecule has 1 aliphatic rings. The highest BCUT2D eigenvalue weighted by atomic mass is 32.1. The van der Waals surface area contributed by atoms with E-state index < -0.39 is 0 Å². The minimum Gasteiger partial charge on any atom is -0.383 e. The zero-order chi connectivity index (χ0) is 27.9. The number of hydrogen-bond donors (Lipinski definition) is 2. The van der Waals surface area contributed by atoms with Crippen molar-refractivity contribution in [2.24, 2.45) is 0 Å². The molecule has 5 rings (SSSR count). The summed E-state index contributed by atoms with van der Waals surface area (Å²) in [6, 6.07) is 2.45. The van der Waals surface area contributed by atoms with Crippen LogP contribution in [0.15, 0.2) is 37.1 Å². The molecule has 0 atom stereocenters. The predicted octanol–water partition coefficient (Wildman–Crippen LogP) is 4.80. The van der Waals surface area contributed by atoms with Gasteiger partial charge in [-0.15, -0.1) is 11.3 Å². The molecule has 5 heterocycles. The summed E-state index contributed by atoms with van der Waals surface area (Å²) < 4.78 is 8.57. The molecule has 2 amide bonds. The number of thiazole rings is 1. The molecule has 0 spiro atoms. The second-order valence-electron chi connectivity index (χ2n) is 9.72. The molecule has 1 aliphatic heterocycles. The van der Waals surface area contributed by atoms with E-state index in [0.29, 0.717) is 35.8 Å². The predicted molar refractivity (Wildman–Crippen MR) is 158 cm³/mol. The molecule has 0 radical (unpaired) electrons. The van der Waals surface area contributed by atoms with Crippen LogP contribution in [0.4, 0.5) is 11.4 Å². The van der Waals surface area contributed by atoms with Gasteiger partial charge in [0.1, 0.15) is 4.83 Å². The Bertz CT molecular complexity index is 1430. The van der Waals surface area contributed by atoms with E-state index in [0.717, 1.165) is 21.3 Å². The number of nitrogens with zero attached hydrogens (tertiary/aromatic N) is 6. The molecule has 0 bridgehead atoms. The number of aryl methyl sites for hydroxylation is 1. The van der Waals surface area contributed by atoms with Gasteiger partial charge in [-0.05, 0) is 52.8 Å². The van der Waals surface area contributed by atoms with Crippen molar-refractivity contribution in [2.45, 2.75) is 53.1 Å². The highest BCUT2D eigenvalue weighted by Gasteiger charge is 2.18. The maximum atomic E-state index is 12.9. The fourth-order valence-corrected chi connectivity index (χ4v) is 5.29. The second kappa shape index (κ2) is 13.0. The Morgan fingerprint density at radius 3 is 2.56 bits per heavy atom. The van der Waals surface area contributed by atoms with Crippen LogP contribution >= 0.6 is 11.3 Å². The Hall–Kier alpha value is -3.61. The Labute approximate surface area is 235 Å². The van der Waals surface area contributed by atoms with Crippen molar-refractivity contribution < 1.29 is 17.2 Å². The third-order valence-corrected chi connectivity index (χ3v) is 7.57. The standard InChI is InChI=1S/C20H21N7O3S.C7H15N.2H2/c1-12-17(6-15(8-21-12)24-13(2)28)25-19(29)16-9-23-27-11-18(31-20(16)27)14-7-22-26(10-14)4-5-30-3;1-7(2)8-5-3-4-6-8;;/h6-11H,4-5H2,1-3H3,(H,24,28)(H,25,29);7H,3-6H2,1-2H3;2*1H.